The van der Waals surface area contributed by atoms with Crippen LogP contribution in [0.3, 0.4) is 0 Å². The van der Waals surface area contributed by atoms with Crippen molar-refractivity contribution in [3.63, 3.8) is 0 Å². The maximum Gasteiger partial charge on any atom is 0.337 e. The molecule has 24 heavy (non-hydrogen) atoms. The smallest absolute Gasteiger partial charge is 0.337 e. The zero-order valence-electron chi connectivity index (χ0n) is 12.4. The van der Waals surface area contributed by atoms with Crippen molar-refractivity contribution in [3.8, 4) is 0 Å². The number of ether oxygens (including phenoxy) is 1. The number of benzene rings is 2. The van der Waals surface area contributed by atoms with E-state index in [4.69, 9.17) is 23.8 Å². The molecule has 2 N–H and O–H groups in total. The van der Waals surface area contributed by atoms with Crippen LogP contribution in [-0.2, 0) is 4.74 Å². The second-order valence-corrected chi connectivity index (χ2v) is 5.42. The minimum absolute atomic E-state index is 0.00569. The van der Waals surface area contributed by atoms with Crippen molar-refractivity contribution in [2.24, 2.45) is 0 Å². The van der Waals surface area contributed by atoms with Gasteiger partial charge in [0.1, 0.15) is 5.82 Å². The Kier molecular flexibility index (Phi) is 5.83. The van der Waals surface area contributed by atoms with E-state index in [1.165, 1.54) is 43.5 Å². The molecular weight excluding hydrogens is 355 g/mol. The molecule has 0 spiro atoms. The van der Waals surface area contributed by atoms with Crippen molar-refractivity contribution in [1.29, 1.82) is 0 Å². The molecule has 0 aromatic heterocycles. The average molecular weight is 367 g/mol. The number of methoxy groups -OCH3 is 1. The molecule has 124 valence electrons. The van der Waals surface area contributed by atoms with Crippen LogP contribution in [0.5, 0.6) is 0 Å². The number of hydrogen-bond donors (Lipinski definition) is 2. The lowest BCUT2D eigenvalue weighted by Crippen LogP contribution is -2.34. The molecule has 2 rings (SSSR count). The SMILES string of the molecule is COC(=O)c1cccc(C(=O)NC(=S)Nc2ccc(F)c(Cl)c2)c1. The quantitative estimate of drug-likeness (QED) is 0.643. The summed E-state index contributed by atoms with van der Waals surface area (Å²) in [6.45, 7) is 0. The fourth-order valence-electron chi connectivity index (χ4n) is 1.82. The van der Waals surface area contributed by atoms with Crippen molar-refractivity contribution in [2.75, 3.05) is 12.4 Å². The van der Waals surface area contributed by atoms with E-state index in [2.05, 4.69) is 15.4 Å². The molecule has 0 aliphatic rings. The summed E-state index contributed by atoms with van der Waals surface area (Å²) in [5.74, 6) is -1.62. The number of thiocarbonyl (C=S) groups is 1. The number of anilines is 1. The van der Waals surface area contributed by atoms with Gasteiger partial charge >= 0.3 is 5.97 Å². The Labute approximate surface area is 147 Å². The normalized spacial score (nSPS) is 9.96. The van der Waals surface area contributed by atoms with Gasteiger partial charge in [-0.3, -0.25) is 10.1 Å². The molecule has 0 aliphatic carbocycles. The van der Waals surface area contributed by atoms with Gasteiger partial charge in [0, 0.05) is 11.3 Å². The van der Waals surface area contributed by atoms with Crippen LogP contribution in [-0.4, -0.2) is 24.1 Å². The number of carbonyl (C=O) groups excluding carboxylic acids is 2. The molecule has 0 saturated carbocycles. The van der Waals surface area contributed by atoms with E-state index in [0.717, 1.165) is 0 Å². The fraction of sp³-hybridized carbons (Fsp3) is 0.0625. The Morgan fingerprint density at radius 3 is 2.54 bits per heavy atom. The molecule has 1 amide bonds. The Balaban J connectivity index is 2.04. The van der Waals surface area contributed by atoms with E-state index in [-0.39, 0.29) is 21.3 Å². The van der Waals surface area contributed by atoms with Gasteiger partial charge in [0.05, 0.1) is 17.7 Å². The van der Waals surface area contributed by atoms with Crippen LogP contribution in [0.15, 0.2) is 42.5 Å². The van der Waals surface area contributed by atoms with Crippen LogP contribution in [0.2, 0.25) is 5.02 Å². The number of carbonyl (C=O) groups is 2. The predicted octanol–water partition coefficient (Wildman–Crippen LogP) is 3.39. The topological polar surface area (TPSA) is 67.4 Å². The molecular formula is C16H12ClFN2O3S. The van der Waals surface area contributed by atoms with E-state index < -0.39 is 17.7 Å². The van der Waals surface area contributed by atoms with E-state index in [1.807, 2.05) is 0 Å². The molecule has 2 aromatic rings. The van der Waals surface area contributed by atoms with Gasteiger partial charge in [0.2, 0.25) is 0 Å². The van der Waals surface area contributed by atoms with Crippen molar-refractivity contribution in [3.05, 3.63) is 64.4 Å². The molecule has 2 aromatic carbocycles. The van der Waals surface area contributed by atoms with Crippen molar-refractivity contribution in [2.45, 2.75) is 0 Å². The summed E-state index contributed by atoms with van der Waals surface area (Å²) in [4.78, 5) is 23.6. The lowest BCUT2D eigenvalue weighted by atomic mass is 10.1. The first-order chi connectivity index (χ1) is 11.4. The lowest BCUT2D eigenvalue weighted by molar-refractivity contribution is 0.0600. The lowest BCUT2D eigenvalue weighted by Gasteiger charge is -2.10. The number of amides is 1. The summed E-state index contributed by atoms with van der Waals surface area (Å²) in [6.07, 6.45) is 0. The highest BCUT2D eigenvalue weighted by Gasteiger charge is 2.12. The molecule has 0 heterocycles. The van der Waals surface area contributed by atoms with Crippen LogP contribution < -0.4 is 10.6 Å². The van der Waals surface area contributed by atoms with E-state index in [0.29, 0.717) is 5.69 Å². The molecule has 0 unspecified atom stereocenters. The number of halogens is 2. The third kappa shape index (κ3) is 4.50. The molecule has 0 saturated heterocycles. The zero-order valence-corrected chi connectivity index (χ0v) is 14.0. The highest BCUT2D eigenvalue weighted by atomic mass is 35.5. The second kappa shape index (κ2) is 7.85. The van der Waals surface area contributed by atoms with E-state index in [1.54, 1.807) is 6.07 Å². The highest BCUT2D eigenvalue weighted by Crippen LogP contribution is 2.19. The zero-order chi connectivity index (χ0) is 17.7. The van der Waals surface area contributed by atoms with Gasteiger partial charge < -0.3 is 10.1 Å². The summed E-state index contributed by atoms with van der Waals surface area (Å²) in [7, 11) is 1.25. The summed E-state index contributed by atoms with van der Waals surface area (Å²) in [5.41, 5.74) is 0.906. The summed E-state index contributed by atoms with van der Waals surface area (Å²) in [6, 6.07) is 9.94. The fourth-order valence-corrected chi connectivity index (χ4v) is 2.21. The second-order valence-electron chi connectivity index (χ2n) is 4.61. The highest BCUT2D eigenvalue weighted by molar-refractivity contribution is 7.80. The van der Waals surface area contributed by atoms with Gasteiger partial charge in [-0.05, 0) is 48.6 Å². The molecule has 0 fully saturated rings. The van der Waals surface area contributed by atoms with Crippen LogP contribution >= 0.6 is 23.8 Å². The maximum absolute atomic E-state index is 13.1. The standard InChI is InChI=1S/C16H12ClFN2O3S/c1-23-15(22)10-4-2-3-9(7-10)14(21)20-16(24)19-11-5-6-13(18)12(17)8-11/h2-8H,1H3,(H2,19,20,21,24). The minimum atomic E-state index is -0.559. The van der Waals surface area contributed by atoms with Crippen molar-refractivity contribution >= 4 is 46.5 Å². The van der Waals surface area contributed by atoms with Gasteiger partial charge in [-0.25, -0.2) is 9.18 Å². The van der Waals surface area contributed by atoms with Gasteiger partial charge in [0.15, 0.2) is 5.11 Å². The third-order valence-corrected chi connectivity index (χ3v) is 3.44. The van der Waals surface area contributed by atoms with Crippen molar-refractivity contribution < 1.29 is 18.7 Å². The molecule has 5 nitrogen and oxygen atoms in total. The van der Waals surface area contributed by atoms with Gasteiger partial charge in [-0.15, -0.1) is 0 Å². The first kappa shape index (κ1) is 17.8. The van der Waals surface area contributed by atoms with Crippen LogP contribution in [0.25, 0.3) is 0 Å². The molecule has 0 aliphatic heterocycles. The Morgan fingerprint density at radius 1 is 1.17 bits per heavy atom. The van der Waals surface area contributed by atoms with Crippen molar-refractivity contribution in [1.82, 2.24) is 5.32 Å². The minimum Gasteiger partial charge on any atom is -0.465 e. The number of esters is 1. The molecule has 8 heteroatoms. The Hall–Kier alpha value is -2.51. The number of nitrogens with one attached hydrogen (secondary N) is 2. The van der Waals surface area contributed by atoms with E-state index in [9.17, 15) is 14.0 Å². The van der Waals surface area contributed by atoms with Crippen LogP contribution in [0, 0.1) is 5.82 Å². The molecule has 0 atom stereocenters. The van der Waals surface area contributed by atoms with Gasteiger partial charge in [-0.2, -0.15) is 0 Å². The van der Waals surface area contributed by atoms with Crippen LogP contribution in [0.4, 0.5) is 10.1 Å². The monoisotopic (exact) mass is 366 g/mol. The largest absolute Gasteiger partial charge is 0.465 e. The Morgan fingerprint density at radius 2 is 1.88 bits per heavy atom. The molecule has 0 radical (unpaired) electrons. The van der Waals surface area contributed by atoms with Crippen LogP contribution in [0.1, 0.15) is 20.7 Å². The summed E-state index contributed by atoms with van der Waals surface area (Å²) < 4.78 is 17.7. The third-order valence-electron chi connectivity index (χ3n) is 2.95. The Bertz CT molecular complexity index is 814. The van der Waals surface area contributed by atoms with Gasteiger partial charge in [-0.1, -0.05) is 17.7 Å². The summed E-state index contributed by atoms with van der Waals surface area (Å²) in [5, 5.41) is 5.11. The van der Waals surface area contributed by atoms with E-state index >= 15 is 0 Å². The predicted molar refractivity (Wildman–Crippen MR) is 92.9 cm³/mol. The maximum atomic E-state index is 13.1. The number of hydrogen-bond acceptors (Lipinski definition) is 4. The first-order valence-corrected chi connectivity index (χ1v) is 7.45. The summed E-state index contributed by atoms with van der Waals surface area (Å²) >= 11 is 10.7. The van der Waals surface area contributed by atoms with Gasteiger partial charge in [0.25, 0.3) is 5.91 Å². The molecule has 0 bridgehead atoms. The average Bonchev–Trinajstić information content (AvgIpc) is 2.57. The first-order valence-electron chi connectivity index (χ1n) is 6.66. The number of rotatable bonds is 3.